The molecule has 6 atom stereocenters. The summed E-state index contributed by atoms with van der Waals surface area (Å²) in [5, 5.41) is 38.9. The molecular weight excluding hydrogens is 833 g/mol. The number of nitrogens with one attached hydrogen (secondary N) is 10. The number of imidazole rings is 1. The predicted molar refractivity (Wildman–Crippen MR) is 229 cm³/mol. The van der Waals surface area contributed by atoms with E-state index in [1.165, 1.54) is 36.8 Å². The van der Waals surface area contributed by atoms with Gasteiger partial charge < -0.3 is 57.4 Å². The summed E-state index contributed by atoms with van der Waals surface area (Å²) in [6.45, 7) is 2.13. The molecule has 1 aliphatic heterocycles. The molecule has 0 saturated carbocycles. The van der Waals surface area contributed by atoms with Crippen LogP contribution in [-0.4, -0.2) is 122 Å². The Morgan fingerprint density at radius 3 is 2.06 bits per heavy atom. The summed E-state index contributed by atoms with van der Waals surface area (Å²) in [6, 6.07) is 5.38. The fraction of sp³-hybridized carbons (Fsp3) is 0.405. The molecule has 1 saturated heterocycles. The van der Waals surface area contributed by atoms with Crippen LogP contribution < -0.4 is 48.5 Å². The van der Waals surface area contributed by atoms with Gasteiger partial charge in [0.2, 0.25) is 41.4 Å². The number of amides is 8. The Kier molecular flexibility index (Phi) is 16.9. The van der Waals surface area contributed by atoms with Gasteiger partial charge in [0.15, 0.2) is 0 Å². The average molecular weight is 887 g/mol. The monoisotopic (exact) mass is 886 g/mol. The Morgan fingerprint density at radius 1 is 0.781 bits per heavy atom. The van der Waals surface area contributed by atoms with Crippen molar-refractivity contribution in [3.05, 3.63) is 84.1 Å². The van der Waals surface area contributed by atoms with E-state index in [0.717, 1.165) is 10.9 Å². The minimum Gasteiger partial charge on any atom is -0.508 e. The summed E-state index contributed by atoms with van der Waals surface area (Å²) in [5.74, 6) is -0.593. The van der Waals surface area contributed by atoms with Gasteiger partial charge in [-0.25, -0.2) is 10.8 Å². The van der Waals surface area contributed by atoms with Crippen molar-refractivity contribution < 1.29 is 48.6 Å². The van der Waals surface area contributed by atoms with Crippen LogP contribution in [0, 0.1) is 5.92 Å². The number of aliphatic hydroxyl groups is 1. The third-order valence-corrected chi connectivity index (χ3v) is 10.4. The first-order valence-corrected chi connectivity index (χ1v) is 20.6. The Bertz CT molecular complexity index is 2280. The van der Waals surface area contributed by atoms with Crippen molar-refractivity contribution in [2.75, 3.05) is 13.2 Å². The quantitative estimate of drug-likeness (QED) is 0.0221. The molecule has 2 aromatic carbocycles. The number of rotatable bonds is 22. The molecule has 22 heteroatoms. The number of aromatic nitrogens is 3. The number of hydrazine groups is 1. The van der Waals surface area contributed by atoms with Crippen LogP contribution >= 0.6 is 0 Å². The number of hydrogen-bond donors (Lipinski definition) is 13. The van der Waals surface area contributed by atoms with Gasteiger partial charge in [-0.2, -0.15) is 0 Å². The van der Waals surface area contributed by atoms with Crippen molar-refractivity contribution in [2.45, 2.75) is 88.6 Å². The molecule has 14 N–H and O–H groups in total. The molecule has 64 heavy (non-hydrogen) atoms. The molecule has 0 radical (unpaired) electrons. The summed E-state index contributed by atoms with van der Waals surface area (Å²) >= 11 is 0. The highest BCUT2D eigenvalue weighted by Crippen LogP contribution is 2.20. The Labute approximate surface area is 367 Å². The highest BCUT2D eigenvalue weighted by atomic mass is 16.3. The number of nitrogens with zero attached hydrogens (tertiary/aromatic N) is 1. The second-order valence-electron chi connectivity index (χ2n) is 15.8. The zero-order valence-electron chi connectivity index (χ0n) is 35.2. The lowest BCUT2D eigenvalue weighted by molar-refractivity contribution is -0.135. The number of aromatic amines is 2. The maximum atomic E-state index is 14.2. The zero-order chi connectivity index (χ0) is 46.3. The van der Waals surface area contributed by atoms with Crippen molar-refractivity contribution in [2.24, 2.45) is 11.8 Å². The predicted octanol–water partition coefficient (Wildman–Crippen LogP) is -2.53. The largest absolute Gasteiger partial charge is 0.508 e. The van der Waals surface area contributed by atoms with E-state index in [9.17, 15) is 48.6 Å². The van der Waals surface area contributed by atoms with E-state index in [1.807, 2.05) is 37.5 Å². The number of carbonyl (C=O) groups is 8. The van der Waals surface area contributed by atoms with Gasteiger partial charge in [0.1, 0.15) is 42.0 Å². The number of phenolic OH excluding ortho intramolecular Hbond substituents is 1. The summed E-state index contributed by atoms with van der Waals surface area (Å²) < 4.78 is 0. The smallest absolute Gasteiger partial charge is 0.256 e. The average Bonchev–Trinajstić information content (AvgIpc) is 4.06. The first kappa shape index (κ1) is 47.7. The van der Waals surface area contributed by atoms with E-state index in [0.29, 0.717) is 16.8 Å². The normalized spacial score (nSPS) is 15.8. The summed E-state index contributed by atoms with van der Waals surface area (Å²) in [5.41, 5.74) is 4.31. The maximum Gasteiger partial charge on any atom is 0.256 e. The van der Waals surface area contributed by atoms with Gasteiger partial charge >= 0.3 is 0 Å². The first-order valence-electron chi connectivity index (χ1n) is 20.6. The first-order chi connectivity index (χ1) is 30.6. The van der Waals surface area contributed by atoms with Gasteiger partial charge in [-0.05, 0) is 48.1 Å². The lowest BCUT2D eigenvalue weighted by Gasteiger charge is -2.26. The van der Waals surface area contributed by atoms with Crippen molar-refractivity contribution in [3.8, 4) is 5.75 Å². The van der Waals surface area contributed by atoms with Crippen LogP contribution in [0.25, 0.3) is 10.9 Å². The Morgan fingerprint density at radius 2 is 1.44 bits per heavy atom. The van der Waals surface area contributed by atoms with Gasteiger partial charge in [0, 0.05) is 54.7 Å². The summed E-state index contributed by atoms with van der Waals surface area (Å²) in [4.78, 5) is 116. The third kappa shape index (κ3) is 13.6. The Hall–Kier alpha value is -7.33. The van der Waals surface area contributed by atoms with Gasteiger partial charge in [0.25, 0.3) is 5.91 Å². The van der Waals surface area contributed by atoms with Gasteiger partial charge in [-0.15, -0.1) is 0 Å². The molecule has 4 aromatic rings. The minimum absolute atomic E-state index is 0.00679. The number of fused-ring (bicyclic) bond motifs is 1. The number of aromatic hydroxyl groups is 1. The van der Waals surface area contributed by atoms with E-state index in [4.69, 9.17) is 5.84 Å². The number of benzene rings is 2. The molecule has 8 amide bonds. The number of hydrogen-bond acceptors (Lipinski definition) is 12. The molecule has 1 aliphatic rings. The van der Waals surface area contributed by atoms with E-state index >= 15 is 0 Å². The minimum atomic E-state index is -1.67. The number of H-pyrrole nitrogens is 2. The van der Waals surface area contributed by atoms with Crippen LogP contribution in [0.15, 0.2) is 67.3 Å². The number of carbonyl (C=O) groups excluding carboxylic acids is 8. The lowest BCUT2D eigenvalue weighted by Crippen LogP contribution is -2.60. The van der Waals surface area contributed by atoms with Gasteiger partial charge in [-0.3, -0.25) is 43.8 Å². The van der Waals surface area contributed by atoms with E-state index in [2.05, 4.69) is 52.2 Å². The van der Waals surface area contributed by atoms with Crippen molar-refractivity contribution in [3.63, 3.8) is 0 Å². The molecule has 1 fully saturated rings. The molecule has 2 aromatic heterocycles. The lowest BCUT2D eigenvalue weighted by atomic mass is 10.0. The van der Waals surface area contributed by atoms with Crippen molar-refractivity contribution >= 4 is 58.2 Å². The molecule has 0 aliphatic carbocycles. The Balaban J connectivity index is 1.34. The van der Waals surface area contributed by atoms with Crippen LogP contribution in [-0.2, 0) is 57.6 Å². The van der Waals surface area contributed by atoms with Crippen LogP contribution in [0.1, 0.15) is 49.9 Å². The van der Waals surface area contributed by atoms with Crippen LogP contribution in [0.3, 0.4) is 0 Å². The number of nitrogens with two attached hydrogens (primary N) is 1. The summed E-state index contributed by atoms with van der Waals surface area (Å²) in [6.07, 6.45) is 4.76. The van der Waals surface area contributed by atoms with Gasteiger partial charge in [-0.1, -0.05) is 44.2 Å². The van der Waals surface area contributed by atoms with Crippen molar-refractivity contribution in [1.29, 1.82) is 0 Å². The molecule has 0 spiro atoms. The van der Waals surface area contributed by atoms with E-state index in [1.54, 1.807) is 12.3 Å². The fourth-order valence-corrected chi connectivity index (χ4v) is 7.07. The molecule has 0 bridgehead atoms. The molecule has 342 valence electrons. The zero-order valence-corrected chi connectivity index (χ0v) is 35.2. The highest BCUT2D eigenvalue weighted by molar-refractivity contribution is 5.98. The molecular formula is C42H54N12O10. The van der Waals surface area contributed by atoms with Crippen molar-refractivity contribution in [1.82, 2.24) is 57.6 Å². The molecule has 0 unspecified atom stereocenters. The topological polar surface area (TPSA) is 344 Å². The molecule has 5 rings (SSSR count). The van der Waals surface area contributed by atoms with E-state index in [-0.39, 0.29) is 56.1 Å². The van der Waals surface area contributed by atoms with Crippen LogP contribution in [0.2, 0.25) is 0 Å². The maximum absolute atomic E-state index is 14.2. The number of phenols is 1. The third-order valence-electron chi connectivity index (χ3n) is 10.4. The van der Waals surface area contributed by atoms with E-state index < -0.39 is 90.8 Å². The standard InChI is InChI=1S/C42H54N12O10/c1-22(2)13-30(42(64)54-43)49-36(58)19-46-37(59)31(14-23-7-9-26(56)10-8-23)50-41(63)34(20-55)53-39(61)32(15-24-17-45-28-6-4-3-5-27(24)28)51-40(62)33(16-25-18-44-21-47-25)52-38(60)29-11-12-35(57)48-29/h3-10,17-18,21-22,29-34,45,55-56H,11-16,19-20,43H2,1-2H3,(H,44,47)(H,46,59)(H,48,57)(H,49,58)(H,50,63)(H,51,62)(H,52,60)(H,53,61)(H,54,64)/t29-,30+,31+,32+,33+,34+/m1/s1. The second-order valence-corrected chi connectivity index (χ2v) is 15.8. The summed E-state index contributed by atoms with van der Waals surface area (Å²) in [7, 11) is 0. The second kappa shape index (κ2) is 22.7. The number of para-hydroxylation sites is 1. The highest BCUT2D eigenvalue weighted by Gasteiger charge is 2.35. The molecule has 22 nitrogen and oxygen atoms in total. The van der Waals surface area contributed by atoms with Gasteiger partial charge in [0.05, 0.1) is 19.5 Å². The van der Waals surface area contributed by atoms with Crippen LogP contribution in [0.5, 0.6) is 5.75 Å². The number of aliphatic hydroxyl groups excluding tert-OH is 1. The SMILES string of the molecule is CC(C)C[C@H](NC(=O)CNC(=O)[C@H](Cc1ccc(O)cc1)NC(=O)[C@H](CO)NC(=O)[C@H](Cc1c[nH]c2ccccc12)NC(=O)[C@H](Cc1cnc[nH]1)NC(=O)[C@H]1CCC(=O)N1)C(=O)NN. The molecule has 3 heterocycles. The van der Waals surface area contributed by atoms with Crippen LogP contribution in [0.4, 0.5) is 0 Å². The fourth-order valence-electron chi connectivity index (χ4n) is 7.07.